The third-order valence-corrected chi connectivity index (χ3v) is 5.36. The highest BCUT2D eigenvalue weighted by Crippen LogP contribution is 2.35. The molecular formula is C18H14F2N2O2S. The minimum atomic E-state index is -0.691. The summed E-state index contributed by atoms with van der Waals surface area (Å²) in [5, 5.41) is 0.610. The predicted octanol–water partition coefficient (Wildman–Crippen LogP) is 4.50. The van der Waals surface area contributed by atoms with E-state index in [2.05, 4.69) is 4.98 Å². The number of aryl methyl sites for hydroxylation is 2. The molecule has 0 N–H and O–H groups in total. The van der Waals surface area contributed by atoms with Crippen molar-refractivity contribution in [3.05, 3.63) is 57.8 Å². The summed E-state index contributed by atoms with van der Waals surface area (Å²) in [5.74, 6) is -0.242. The van der Waals surface area contributed by atoms with Crippen molar-refractivity contribution < 1.29 is 18.0 Å². The van der Waals surface area contributed by atoms with Gasteiger partial charge >= 0.3 is 0 Å². The zero-order valence-corrected chi connectivity index (χ0v) is 14.4. The van der Waals surface area contributed by atoms with Crippen molar-refractivity contribution in [1.82, 2.24) is 4.98 Å². The zero-order chi connectivity index (χ0) is 17.7. The number of amides is 1. The van der Waals surface area contributed by atoms with Gasteiger partial charge in [0.2, 0.25) is 0 Å². The highest BCUT2D eigenvalue weighted by Gasteiger charge is 2.31. The van der Waals surface area contributed by atoms with Gasteiger partial charge in [0, 0.05) is 18.2 Å². The lowest BCUT2D eigenvalue weighted by molar-refractivity contribution is 0.0992. The lowest BCUT2D eigenvalue weighted by atomic mass is 10.1. The van der Waals surface area contributed by atoms with Gasteiger partial charge in [0.05, 0.1) is 11.4 Å². The zero-order valence-electron chi connectivity index (χ0n) is 13.6. The Balaban J connectivity index is 1.71. The van der Waals surface area contributed by atoms with Gasteiger partial charge in [-0.2, -0.15) is 0 Å². The van der Waals surface area contributed by atoms with E-state index in [1.54, 1.807) is 13.0 Å². The summed E-state index contributed by atoms with van der Waals surface area (Å²) in [6, 6.07) is 5.69. The van der Waals surface area contributed by atoms with Gasteiger partial charge in [-0.25, -0.2) is 13.8 Å². The van der Waals surface area contributed by atoms with E-state index in [4.69, 9.17) is 4.42 Å². The molecule has 0 radical (unpaired) electrons. The molecule has 0 saturated carbocycles. The molecular weight excluding hydrogens is 346 g/mol. The van der Waals surface area contributed by atoms with Crippen molar-refractivity contribution in [2.24, 2.45) is 0 Å². The molecule has 0 fully saturated rings. The molecule has 1 amide bonds. The Labute approximate surface area is 146 Å². The van der Waals surface area contributed by atoms with Crippen LogP contribution in [-0.4, -0.2) is 17.4 Å². The van der Waals surface area contributed by atoms with Crippen molar-refractivity contribution in [3.8, 4) is 10.8 Å². The number of halogens is 2. The molecule has 25 heavy (non-hydrogen) atoms. The average molecular weight is 360 g/mol. The van der Waals surface area contributed by atoms with E-state index in [1.165, 1.54) is 22.3 Å². The van der Waals surface area contributed by atoms with Crippen molar-refractivity contribution in [2.75, 3.05) is 11.4 Å². The van der Waals surface area contributed by atoms with Crippen LogP contribution in [0.5, 0.6) is 0 Å². The monoisotopic (exact) mass is 360 g/mol. The van der Waals surface area contributed by atoms with Crippen molar-refractivity contribution in [1.29, 1.82) is 0 Å². The van der Waals surface area contributed by atoms with Crippen LogP contribution < -0.4 is 4.90 Å². The number of rotatable bonds is 2. The van der Waals surface area contributed by atoms with E-state index in [0.29, 0.717) is 45.6 Å². The SMILES string of the molecule is Cc1ccc(-c2nc(C)c(C(=O)N3CCc4c(F)cc(F)cc43)s2)o1. The molecule has 3 aromatic rings. The van der Waals surface area contributed by atoms with Crippen molar-refractivity contribution >= 4 is 22.9 Å². The number of benzene rings is 1. The summed E-state index contributed by atoms with van der Waals surface area (Å²) < 4.78 is 33.0. The summed E-state index contributed by atoms with van der Waals surface area (Å²) in [6.07, 6.45) is 0.370. The molecule has 0 bridgehead atoms. The second-order valence-electron chi connectivity index (χ2n) is 5.94. The van der Waals surface area contributed by atoms with E-state index in [9.17, 15) is 13.6 Å². The Bertz CT molecular complexity index is 993. The fourth-order valence-electron chi connectivity index (χ4n) is 3.01. The van der Waals surface area contributed by atoms with Crippen LogP contribution >= 0.6 is 11.3 Å². The molecule has 1 aliphatic heterocycles. The molecule has 4 nitrogen and oxygen atoms in total. The van der Waals surface area contributed by atoms with Gasteiger partial charge < -0.3 is 9.32 Å². The van der Waals surface area contributed by atoms with Crippen LogP contribution in [0.3, 0.4) is 0 Å². The molecule has 0 saturated heterocycles. The second kappa shape index (κ2) is 5.77. The maximum atomic E-state index is 13.9. The highest BCUT2D eigenvalue weighted by molar-refractivity contribution is 7.17. The maximum absolute atomic E-state index is 13.9. The summed E-state index contributed by atoms with van der Waals surface area (Å²) >= 11 is 1.22. The highest BCUT2D eigenvalue weighted by atomic mass is 32.1. The van der Waals surface area contributed by atoms with Crippen molar-refractivity contribution in [3.63, 3.8) is 0 Å². The third-order valence-electron chi connectivity index (χ3n) is 4.20. The number of hydrogen-bond donors (Lipinski definition) is 0. The molecule has 1 aliphatic rings. The molecule has 0 spiro atoms. The number of aromatic nitrogens is 1. The van der Waals surface area contributed by atoms with Crippen LogP contribution in [0.2, 0.25) is 0 Å². The number of furan rings is 1. The fourth-order valence-corrected chi connectivity index (χ4v) is 3.98. The molecule has 128 valence electrons. The van der Waals surface area contributed by atoms with Crippen LogP contribution in [0, 0.1) is 25.5 Å². The lowest BCUT2D eigenvalue weighted by Gasteiger charge is -2.16. The Morgan fingerprint density at radius 1 is 1.28 bits per heavy atom. The minimum absolute atomic E-state index is 0.297. The topological polar surface area (TPSA) is 46.3 Å². The van der Waals surface area contributed by atoms with E-state index < -0.39 is 11.6 Å². The van der Waals surface area contributed by atoms with E-state index in [1.807, 2.05) is 13.0 Å². The fraction of sp³-hybridized carbons (Fsp3) is 0.222. The molecule has 0 atom stereocenters. The second-order valence-corrected chi connectivity index (χ2v) is 6.94. The summed E-state index contributed by atoms with van der Waals surface area (Å²) in [4.78, 5) is 19.2. The van der Waals surface area contributed by atoms with Crippen LogP contribution in [0.25, 0.3) is 10.8 Å². The number of hydrogen-bond acceptors (Lipinski definition) is 4. The number of nitrogens with zero attached hydrogens (tertiary/aromatic N) is 2. The van der Waals surface area contributed by atoms with Gasteiger partial charge in [0.1, 0.15) is 22.3 Å². The smallest absolute Gasteiger partial charge is 0.270 e. The quantitative estimate of drug-likeness (QED) is 0.676. The Morgan fingerprint density at radius 2 is 2.08 bits per heavy atom. The first kappa shape index (κ1) is 16.0. The standard InChI is InChI=1S/C18H14F2N2O2S/c1-9-3-4-15(24-9)17-21-10(2)16(25-17)18(23)22-6-5-12-13(20)7-11(19)8-14(12)22/h3-4,7-8H,5-6H2,1-2H3. The minimum Gasteiger partial charge on any atom is -0.459 e. The lowest BCUT2D eigenvalue weighted by Crippen LogP contribution is -2.28. The van der Waals surface area contributed by atoms with E-state index in [0.717, 1.165) is 11.8 Å². The number of thiazole rings is 1. The first-order chi connectivity index (χ1) is 11.9. The van der Waals surface area contributed by atoms with Gasteiger partial charge in [-0.1, -0.05) is 0 Å². The summed E-state index contributed by atoms with van der Waals surface area (Å²) in [7, 11) is 0. The van der Waals surface area contributed by atoms with Gasteiger partial charge in [0.25, 0.3) is 5.91 Å². The molecule has 3 heterocycles. The number of carbonyl (C=O) groups excluding carboxylic acids is 1. The van der Waals surface area contributed by atoms with Gasteiger partial charge in [-0.15, -0.1) is 11.3 Å². The third kappa shape index (κ3) is 2.64. The summed E-state index contributed by atoms with van der Waals surface area (Å²) in [5.41, 5.74) is 1.24. The normalized spacial score (nSPS) is 13.4. The summed E-state index contributed by atoms with van der Waals surface area (Å²) in [6.45, 7) is 3.90. The molecule has 7 heteroatoms. The molecule has 4 rings (SSSR count). The van der Waals surface area contributed by atoms with Gasteiger partial charge in [-0.05, 0) is 38.5 Å². The Hall–Kier alpha value is -2.54. The Kier molecular flexibility index (Phi) is 3.68. The number of anilines is 1. The molecule has 2 aromatic heterocycles. The maximum Gasteiger partial charge on any atom is 0.270 e. The van der Waals surface area contributed by atoms with Crippen LogP contribution in [0.4, 0.5) is 14.5 Å². The van der Waals surface area contributed by atoms with Gasteiger partial charge in [-0.3, -0.25) is 4.79 Å². The van der Waals surface area contributed by atoms with Gasteiger partial charge in [0.15, 0.2) is 10.8 Å². The average Bonchev–Trinajstić information content (AvgIpc) is 3.25. The van der Waals surface area contributed by atoms with Crippen LogP contribution in [0.15, 0.2) is 28.7 Å². The molecule has 0 aliphatic carbocycles. The van der Waals surface area contributed by atoms with E-state index in [-0.39, 0.29) is 5.91 Å². The largest absolute Gasteiger partial charge is 0.459 e. The predicted molar refractivity (Wildman–Crippen MR) is 91.0 cm³/mol. The van der Waals surface area contributed by atoms with Crippen LogP contribution in [-0.2, 0) is 6.42 Å². The number of fused-ring (bicyclic) bond motifs is 1. The molecule has 1 aromatic carbocycles. The number of carbonyl (C=O) groups is 1. The first-order valence-electron chi connectivity index (χ1n) is 7.78. The Morgan fingerprint density at radius 3 is 2.80 bits per heavy atom. The van der Waals surface area contributed by atoms with Crippen molar-refractivity contribution in [2.45, 2.75) is 20.3 Å². The first-order valence-corrected chi connectivity index (χ1v) is 8.59. The molecule has 0 unspecified atom stereocenters. The van der Waals surface area contributed by atoms with E-state index >= 15 is 0 Å². The van der Waals surface area contributed by atoms with Crippen LogP contribution in [0.1, 0.15) is 26.7 Å².